The molecule has 0 bridgehead atoms. The molecule has 7 nitrogen and oxygen atoms in total. The number of anilines is 1. The normalized spacial score (nSPS) is 24.1. The number of fused-ring (bicyclic) bond motifs is 1. The van der Waals surface area contributed by atoms with Crippen LogP contribution < -0.4 is 10.6 Å². The van der Waals surface area contributed by atoms with Crippen molar-refractivity contribution < 1.29 is 5.11 Å². The lowest BCUT2D eigenvalue weighted by atomic mass is 9.97. The minimum atomic E-state index is -0.269. The maximum atomic E-state index is 11.5. The van der Waals surface area contributed by atoms with Crippen molar-refractivity contribution in [1.82, 2.24) is 19.6 Å². The Bertz CT molecular complexity index is 662. The lowest BCUT2D eigenvalue weighted by Gasteiger charge is -2.35. The van der Waals surface area contributed by atoms with Gasteiger partial charge in [-0.15, -0.1) is 0 Å². The number of aliphatic hydroxyl groups is 1. The molecule has 2 aromatic heterocycles. The molecule has 3 rings (SSSR count). The first-order valence-electron chi connectivity index (χ1n) is 6.44. The first kappa shape index (κ1) is 12.2. The predicted octanol–water partition coefficient (Wildman–Crippen LogP) is -0.0669. The van der Waals surface area contributed by atoms with E-state index in [1.165, 1.54) is 4.40 Å². The average Bonchev–Trinajstić information content (AvgIpc) is 2.75. The number of aliphatic hydroxyl groups excluding tert-OH is 1. The van der Waals surface area contributed by atoms with Gasteiger partial charge in [-0.2, -0.15) is 5.10 Å². The second-order valence-corrected chi connectivity index (χ2v) is 5.16. The van der Waals surface area contributed by atoms with Gasteiger partial charge in [0.15, 0.2) is 5.65 Å². The van der Waals surface area contributed by atoms with Crippen LogP contribution in [-0.2, 0) is 0 Å². The molecular formula is C12H17N5O2. The van der Waals surface area contributed by atoms with Crippen LogP contribution in [0.1, 0.15) is 19.2 Å². The monoisotopic (exact) mass is 263 g/mol. The number of hydrogen-bond acceptors (Lipinski definition) is 5. The van der Waals surface area contributed by atoms with Crippen LogP contribution in [0.25, 0.3) is 5.65 Å². The summed E-state index contributed by atoms with van der Waals surface area (Å²) >= 11 is 0. The predicted molar refractivity (Wildman–Crippen MR) is 70.3 cm³/mol. The Hall–Kier alpha value is -1.89. The average molecular weight is 263 g/mol. The molecule has 102 valence electrons. The van der Waals surface area contributed by atoms with E-state index in [0.717, 1.165) is 25.3 Å². The topological polar surface area (TPSA) is 86.5 Å². The molecule has 3 heterocycles. The summed E-state index contributed by atoms with van der Waals surface area (Å²) < 4.78 is 1.45. The molecule has 2 aromatic rings. The maximum absolute atomic E-state index is 11.5. The number of aromatic nitrogens is 4. The molecule has 0 aromatic carbocycles. The first-order valence-corrected chi connectivity index (χ1v) is 6.44. The fraction of sp³-hybridized carbons (Fsp3) is 0.583. The van der Waals surface area contributed by atoms with Gasteiger partial charge < -0.3 is 10.0 Å². The summed E-state index contributed by atoms with van der Waals surface area (Å²) in [6.07, 6.45) is 0.495. The number of rotatable bonds is 1. The molecule has 1 aliphatic rings. The van der Waals surface area contributed by atoms with Gasteiger partial charge in [0.05, 0.1) is 6.10 Å². The Morgan fingerprint density at radius 1 is 1.53 bits per heavy atom. The smallest absolute Gasteiger partial charge is 0.349 e. The van der Waals surface area contributed by atoms with Gasteiger partial charge in [-0.1, -0.05) is 6.92 Å². The van der Waals surface area contributed by atoms with Crippen molar-refractivity contribution in [2.24, 2.45) is 5.92 Å². The van der Waals surface area contributed by atoms with E-state index < -0.39 is 0 Å². The molecule has 1 aliphatic heterocycles. The highest BCUT2D eigenvalue weighted by Crippen LogP contribution is 2.22. The molecule has 2 atom stereocenters. The summed E-state index contributed by atoms with van der Waals surface area (Å²) in [5.74, 6) is 1.64. The van der Waals surface area contributed by atoms with Gasteiger partial charge in [-0.05, 0) is 19.3 Å². The molecule has 0 aliphatic carbocycles. The Morgan fingerprint density at radius 2 is 2.32 bits per heavy atom. The Morgan fingerprint density at radius 3 is 3.05 bits per heavy atom. The fourth-order valence-corrected chi connectivity index (χ4v) is 2.59. The Balaban J connectivity index is 1.99. The lowest BCUT2D eigenvalue weighted by Crippen LogP contribution is -2.42. The van der Waals surface area contributed by atoms with Gasteiger partial charge in [-0.3, -0.25) is 0 Å². The number of aromatic amines is 1. The SMILES string of the molecule is Cc1nc(N2CCC(O)C(C)C2)cc2n[nH]c(=O)n12. The van der Waals surface area contributed by atoms with Gasteiger partial charge >= 0.3 is 5.69 Å². The van der Waals surface area contributed by atoms with E-state index in [2.05, 4.69) is 20.1 Å². The highest BCUT2D eigenvalue weighted by Gasteiger charge is 2.25. The van der Waals surface area contributed by atoms with E-state index in [1.807, 2.05) is 6.92 Å². The zero-order chi connectivity index (χ0) is 13.6. The molecule has 0 amide bonds. The second kappa shape index (κ2) is 4.34. The third-order valence-electron chi connectivity index (χ3n) is 3.74. The molecule has 0 spiro atoms. The van der Waals surface area contributed by atoms with Crippen LogP contribution in [0.2, 0.25) is 0 Å². The molecule has 7 heteroatoms. The largest absolute Gasteiger partial charge is 0.393 e. The van der Waals surface area contributed by atoms with E-state index in [9.17, 15) is 9.90 Å². The number of H-pyrrole nitrogens is 1. The third-order valence-corrected chi connectivity index (χ3v) is 3.74. The number of piperidine rings is 1. The van der Waals surface area contributed by atoms with Crippen LogP contribution in [-0.4, -0.2) is 43.9 Å². The van der Waals surface area contributed by atoms with Crippen LogP contribution in [0.15, 0.2) is 10.9 Å². The molecule has 2 N–H and O–H groups in total. The zero-order valence-corrected chi connectivity index (χ0v) is 11.0. The molecule has 2 unspecified atom stereocenters. The zero-order valence-electron chi connectivity index (χ0n) is 11.0. The van der Waals surface area contributed by atoms with Gasteiger partial charge in [-0.25, -0.2) is 19.3 Å². The van der Waals surface area contributed by atoms with Gasteiger partial charge in [0.2, 0.25) is 0 Å². The van der Waals surface area contributed by atoms with E-state index in [0.29, 0.717) is 11.5 Å². The molecule has 19 heavy (non-hydrogen) atoms. The van der Waals surface area contributed by atoms with Gasteiger partial charge in [0.1, 0.15) is 11.6 Å². The van der Waals surface area contributed by atoms with Crippen molar-refractivity contribution in [3.8, 4) is 0 Å². The van der Waals surface area contributed by atoms with E-state index in [4.69, 9.17) is 0 Å². The quantitative estimate of drug-likeness (QED) is 0.752. The standard InChI is InChI=1S/C12H17N5O2/c1-7-6-16(4-3-9(7)18)10-5-11-14-15-12(19)17(11)8(2)13-10/h5,7,9,18H,3-4,6H2,1-2H3,(H,15,19). The minimum absolute atomic E-state index is 0.216. The third kappa shape index (κ3) is 1.99. The van der Waals surface area contributed by atoms with Crippen molar-refractivity contribution in [3.05, 3.63) is 22.4 Å². The van der Waals surface area contributed by atoms with Crippen LogP contribution in [0.4, 0.5) is 5.82 Å². The Labute approximate surface area is 109 Å². The lowest BCUT2D eigenvalue weighted by molar-refractivity contribution is 0.0969. The van der Waals surface area contributed by atoms with E-state index >= 15 is 0 Å². The molecular weight excluding hydrogens is 246 g/mol. The molecule has 0 radical (unpaired) electrons. The van der Waals surface area contributed by atoms with Crippen LogP contribution >= 0.6 is 0 Å². The fourth-order valence-electron chi connectivity index (χ4n) is 2.59. The highest BCUT2D eigenvalue weighted by molar-refractivity contribution is 5.51. The minimum Gasteiger partial charge on any atom is -0.393 e. The summed E-state index contributed by atoms with van der Waals surface area (Å²) in [5.41, 5.74) is 0.306. The number of aryl methyl sites for hydroxylation is 1. The summed E-state index contributed by atoms with van der Waals surface area (Å²) in [5, 5.41) is 16.2. The molecule has 0 saturated carbocycles. The van der Waals surface area contributed by atoms with Crippen molar-refractivity contribution >= 4 is 11.5 Å². The number of hydrogen-bond donors (Lipinski definition) is 2. The van der Waals surface area contributed by atoms with Crippen LogP contribution in [0, 0.1) is 12.8 Å². The van der Waals surface area contributed by atoms with E-state index in [-0.39, 0.29) is 17.7 Å². The van der Waals surface area contributed by atoms with Crippen molar-refractivity contribution in [2.45, 2.75) is 26.4 Å². The first-order chi connectivity index (χ1) is 9.06. The van der Waals surface area contributed by atoms with Crippen LogP contribution in [0.5, 0.6) is 0 Å². The maximum Gasteiger partial charge on any atom is 0.349 e. The summed E-state index contributed by atoms with van der Waals surface area (Å²) in [7, 11) is 0. The van der Waals surface area contributed by atoms with E-state index in [1.54, 1.807) is 13.0 Å². The molecule has 1 fully saturated rings. The van der Waals surface area contributed by atoms with Crippen molar-refractivity contribution in [3.63, 3.8) is 0 Å². The molecule has 1 saturated heterocycles. The van der Waals surface area contributed by atoms with Gasteiger partial charge in [0, 0.05) is 19.2 Å². The van der Waals surface area contributed by atoms with Crippen molar-refractivity contribution in [1.29, 1.82) is 0 Å². The second-order valence-electron chi connectivity index (χ2n) is 5.16. The van der Waals surface area contributed by atoms with Gasteiger partial charge in [0.25, 0.3) is 0 Å². The van der Waals surface area contributed by atoms with Crippen molar-refractivity contribution in [2.75, 3.05) is 18.0 Å². The highest BCUT2D eigenvalue weighted by atomic mass is 16.3. The summed E-state index contributed by atoms with van der Waals surface area (Å²) in [6.45, 7) is 5.35. The van der Waals surface area contributed by atoms with Crippen LogP contribution in [0.3, 0.4) is 0 Å². The number of nitrogens with zero attached hydrogens (tertiary/aromatic N) is 4. The number of nitrogens with one attached hydrogen (secondary N) is 1. The summed E-state index contributed by atoms with van der Waals surface area (Å²) in [6, 6.07) is 1.80. The Kier molecular flexibility index (Phi) is 2.78. The summed E-state index contributed by atoms with van der Waals surface area (Å²) in [4.78, 5) is 18.1.